The molecule has 0 N–H and O–H groups in total. The lowest BCUT2D eigenvalue weighted by atomic mass is 9.93. The Hall–Kier alpha value is -1.13. The second kappa shape index (κ2) is 15.9. The highest BCUT2D eigenvalue weighted by Gasteiger charge is 2.30. The Kier molecular flexibility index (Phi) is 14.1. The van der Waals surface area contributed by atoms with E-state index in [0.717, 1.165) is 12.8 Å². The molecule has 1 saturated carbocycles. The summed E-state index contributed by atoms with van der Waals surface area (Å²) in [6, 6.07) is -0.444. The number of ether oxygens (including phenoxy) is 1. The minimum Gasteiger partial charge on any atom is -0.462 e. The van der Waals surface area contributed by atoms with Gasteiger partial charge in [-0.15, -0.1) is 0 Å². The normalized spacial score (nSPS) is 19.7. The molecular formula is C22H41NO4. The minimum atomic E-state index is -0.444. The fourth-order valence-electron chi connectivity index (χ4n) is 3.91. The molecule has 0 amide bonds. The van der Waals surface area contributed by atoms with Gasteiger partial charge < -0.3 is 4.74 Å². The van der Waals surface area contributed by atoms with Crippen molar-refractivity contribution in [2.45, 2.75) is 135 Å². The van der Waals surface area contributed by atoms with Crippen LogP contribution in [0.2, 0.25) is 0 Å². The molecule has 0 bridgehead atoms. The summed E-state index contributed by atoms with van der Waals surface area (Å²) in [5.74, 6) is -0.123. The van der Waals surface area contributed by atoms with Crippen LogP contribution in [0.4, 0.5) is 0 Å². The third kappa shape index (κ3) is 12.8. The first-order valence-electron chi connectivity index (χ1n) is 11.5. The molecule has 158 valence electrons. The second-order valence-electron chi connectivity index (χ2n) is 8.20. The summed E-state index contributed by atoms with van der Waals surface area (Å²) < 4.78 is 5.46. The van der Waals surface area contributed by atoms with Gasteiger partial charge in [-0.3, -0.25) is 14.9 Å². The van der Waals surface area contributed by atoms with Crippen LogP contribution >= 0.6 is 0 Å². The van der Waals surface area contributed by atoms with Crippen LogP contribution in [0.15, 0.2) is 0 Å². The molecule has 0 saturated heterocycles. The maximum absolute atomic E-state index is 11.9. The summed E-state index contributed by atoms with van der Waals surface area (Å²) in [6.45, 7) is 2.26. The largest absolute Gasteiger partial charge is 0.462 e. The highest BCUT2D eigenvalue weighted by molar-refractivity contribution is 5.69. The molecule has 5 heteroatoms. The number of nitro groups is 1. The smallest absolute Gasteiger partial charge is 0.306 e. The van der Waals surface area contributed by atoms with Crippen molar-refractivity contribution in [1.82, 2.24) is 0 Å². The lowest BCUT2D eigenvalue weighted by Gasteiger charge is -2.23. The third-order valence-corrected chi connectivity index (χ3v) is 5.72. The first kappa shape index (κ1) is 23.9. The number of esters is 1. The molecule has 1 rings (SSSR count). The van der Waals surface area contributed by atoms with Gasteiger partial charge in [-0.05, 0) is 19.3 Å². The number of nitrogens with zero attached hydrogens (tertiary/aromatic N) is 1. The van der Waals surface area contributed by atoms with E-state index in [4.69, 9.17) is 4.74 Å². The van der Waals surface area contributed by atoms with Gasteiger partial charge in [0.25, 0.3) is 0 Å². The van der Waals surface area contributed by atoms with Gasteiger partial charge >= 0.3 is 5.97 Å². The van der Waals surface area contributed by atoms with Crippen LogP contribution in [-0.4, -0.2) is 23.0 Å². The monoisotopic (exact) mass is 383 g/mol. The Morgan fingerprint density at radius 3 is 1.70 bits per heavy atom. The first-order chi connectivity index (χ1) is 13.1. The zero-order valence-corrected chi connectivity index (χ0v) is 17.5. The van der Waals surface area contributed by atoms with Crippen LogP contribution in [0.5, 0.6) is 0 Å². The maximum atomic E-state index is 11.9. The molecule has 0 unspecified atom stereocenters. The van der Waals surface area contributed by atoms with Crippen molar-refractivity contribution in [1.29, 1.82) is 0 Å². The van der Waals surface area contributed by atoms with Gasteiger partial charge in [-0.1, -0.05) is 84.0 Å². The fraction of sp³-hybridized carbons (Fsp3) is 0.955. The molecule has 0 aromatic carbocycles. The van der Waals surface area contributed by atoms with E-state index in [9.17, 15) is 14.9 Å². The molecule has 0 radical (unpaired) electrons. The van der Waals surface area contributed by atoms with E-state index in [-0.39, 0.29) is 17.0 Å². The quantitative estimate of drug-likeness (QED) is 0.130. The second-order valence-corrected chi connectivity index (χ2v) is 8.20. The van der Waals surface area contributed by atoms with E-state index in [0.29, 0.717) is 32.1 Å². The van der Waals surface area contributed by atoms with Gasteiger partial charge in [0.05, 0.1) is 0 Å². The van der Waals surface area contributed by atoms with Gasteiger partial charge in [-0.25, -0.2) is 0 Å². The van der Waals surface area contributed by atoms with E-state index in [1.165, 1.54) is 70.6 Å². The molecule has 1 aliphatic carbocycles. The number of carbonyl (C=O) groups is 1. The molecule has 27 heavy (non-hydrogen) atoms. The highest BCUT2D eigenvalue weighted by Crippen LogP contribution is 2.23. The molecule has 1 aliphatic rings. The lowest BCUT2D eigenvalue weighted by Crippen LogP contribution is -2.30. The summed E-state index contributed by atoms with van der Waals surface area (Å²) in [5.41, 5.74) is 0. The zero-order chi connectivity index (χ0) is 19.7. The number of unbranched alkanes of at least 4 members (excludes halogenated alkanes) is 12. The number of hydrogen-bond donors (Lipinski definition) is 0. The first-order valence-corrected chi connectivity index (χ1v) is 11.5. The van der Waals surface area contributed by atoms with E-state index < -0.39 is 6.04 Å². The topological polar surface area (TPSA) is 69.4 Å². The van der Waals surface area contributed by atoms with Gasteiger partial charge in [0.15, 0.2) is 0 Å². The molecule has 0 aliphatic heterocycles. The van der Waals surface area contributed by atoms with Gasteiger partial charge in [0, 0.05) is 24.2 Å². The zero-order valence-electron chi connectivity index (χ0n) is 17.5. The molecule has 0 aromatic heterocycles. The minimum absolute atomic E-state index is 0.101. The number of rotatable bonds is 16. The van der Waals surface area contributed by atoms with Crippen molar-refractivity contribution < 1.29 is 14.5 Å². The van der Waals surface area contributed by atoms with Crippen molar-refractivity contribution in [2.24, 2.45) is 0 Å². The van der Waals surface area contributed by atoms with Gasteiger partial charge in [0.2, 0.25) is 6.04 Å². The Morgan fingerprint density at radius 1 is 0.815 bits per heavy atom. The average Bonchev–Trinajstić information content (AvgIpc) is 2.66. The molecule has 0 heterocycles. The summed E-state index contributed by atoms with van der Waals surface area (Å²) in [6.07, 6.45) is 19.5. The van der Waals surface area contributed by atoms with Crippen molar-refractivity contribution in [2.75, 3.05) is 0 Å². The Morgan fingerprint density at radius 2 is 1.26 bits per heavy atom. The highest BCUT2D eigenvalue weighted by atomic mass is 16.6. The summed E-state index contributed by atoms with van der Waals surface area (Å²) >= 11 is 0. The summed E-state index contributed by atoms with van der Waals surface area (Å²) in [4.78, 5) is 22.4. The number of hydrogen-bond acceptors (Lipinski definition) is 4. The Labute approximate surface area is 165 Å². The van der Waals surface area contributed by atoms with Crippen LogP contribution in [-0.2, 0) is 9.53 Å². The van der Waals surface area contributed by atoms with E-state index in [1.807, 2.05) is 0 Å². The third-order valence-electron chi connectivity index (χ3n) is 5.72. The van der Waals surface area contributed by atoms with Crippen molar-refractivity contribution in [3.05, 3.63) is 10.1 Å². The van der Waals surface area contributed by atoms with Crippen LogP contribution in [0.1, 0.15) is 122 Å². The van der Waals surface area contributed by atoms with Crippen molar-refractivity contribution >= 4 is 5.97 Å². The molecule has 0 aromatic rings. The van der Waals surface area contributed by atoms with Gasteiger partial charge in [0.1, 0.15) is 6.10 Å². The summed E-state index contributed by atoms with van der Waals surface area (Å²) in [7, 11) is 0. The van der Waals surface area contributed by atoms with Crippen molar-refractivity contribution in [3.8, 4) is 0 Å². The van der Waals surface area contributed by atoms with Crippen LogP contribution in [0, 0.1) is 10.1 Å². The van der Waals surface area contributed by atoms with Gasteiger partial charge in [-0.2, -0.15) is 0 Å². The molecular weight excluding hydrogens is 342 g/mol. The predicted octanol–water partition coefficient (Wildman–Crippen LogP) is 6.60. The fourth-order valence-corrected chi connectivity index (χ4v) is 3.91. The van der Waals surface area contributed by atoms with Crippen LogP contribution < -0.4 is 0 Å². The van der Waals surface area contributed by atoms with E-state index >= 15 is 0 Å². The van der Waals surface area contributed by atoms with E-state index in [2.05, 4.69) is 6.92 Å². The Bertz CT molecular complexity index is 392. The number of carbonyl (C=O) groups excluding carboxylic acids is 1. The molecule has 5 nitrogen and oxygen atoms in total. The van der Waals surface area contributed by atoms with E-state index in [1.54, 1.807) is 0 Å². The summed E-state index contributed by atoms with van der Waals surface area (Å²) in [5, 5.41) is 10.7. The molecule has 1 fully saturated rings. The van der Waals surface area contributed by atoms with Crippen LogP contribution in [0.25, 0.3) is 0 Å². The van der Waals surface area contributed by atoms with Crippen molar-refractivity contribution in [3.63, 3.8) is 0 Å². The lowest BCUT2D eigenvalue weighted by molar-refractivity contribution is -0.527. The predicted molar refractivity (Wildman–Crippen MR) is 109 cm³/mol. The average molecular weight is 384 g/mol. The van der Waals surface area contributed by atoms with Crippen LogP contribution in [0.3, 0.4) is 0 Å². The maximum Gasteiger partial charge on any atom is 0.306 e. The molecule has 0 spiro atoms. The SMILES string of the molecule is CCCCCCCCCCCCCCCC(=O)OC1CCC([N+](=O)[O-])CC1. The molecule has 0 atom stereocenters. The standard InChI is InChI=1S/C22H41NO4/c1-2-3-4-5-6-7-8-9-10-11-12-13-14-15-22(24)27-21-18-16-20(17-19-21)23(25)26/h20-21H,2-19H2,1H3. The Balaban J connectivity index is 1.84.